The van der Waals surface area contributed by atoms with Gasteiger partial charge in [0, 0.05) is 12.6 Å². The first-order valence-corrected chi connectivity index (χ1v) is 4.01. The predicted octanol–water partition coefficient (Wildman–Crippen LogP) is 1.18. The fourth-order valence-electron chi connectivity index (χ4n) is 1.15. The molecular weight excluding hydrogens is 174 g/mol. The first-order valence-electron chi connectivity index (χ1n) is 4.01. The Morgan fingerprint density at radius 3 is 2.54 bits per heavy atom. The van der Waals surface area contributed by atoms with Crippen molar-refractivity contribution in [2.24, 2.45) is 5.73 Å². The van der Waals surface area contributed by atoms with Crippen molar-refractivity contribution in [2.45, 2.75) is 6.04 Å². The Kier molecular flexibility index (Phi) is 3.33. The number of rotatable bonds is 3. The van der Waals surface area contributed by atoms with Crippen molar-refractivity contribution in [3.05, 3.63) is 35.4 Å². The third-order valence-electron chi connectivity index (χ3n) is 1.93. The second-order valence-electron chi connectivity index (χ2n) is 2.75. The van der Waals surface area contributed by atoms with Gasteiger partial charge in [-0.3, -0.25) is 0 Å². The molecule has 1 aromatic carbocycles. The molecule has 1 aromatic rings. The largest absolute Gasteiger partial charge is 0.329 e. The summed E-state index contributed by atoms with van der Waals surface area (Å²) in [4.78, 5) is 0. The lowest BCUT2D eigenvalue weighted by Crippen LogP contribution is -2.24. The van der Waals surface area contributed by atoms with E-state index in [0.717, 1.165) is 12.1 Å². The van der Waals surface area contributed by atoms with Gasteiger partial charge < -0.3 is 11.1 Å². The normalized spacial score (nSPS) is 12.9. The number of hydrogen-bond acceptors (Lipinski definition) is 2. The topological polar surface area (TPSA) is 38.0 Å². The Morgan fingerprint density at radius 1 is 1.38 bits per heavy atom. The van der Waals surface area contributed by atoms with Crippen molar-refractivity contribution >= 4 is 0 Å². The van der Waals surface area contributed by atoms with Crippen LogP contribution in [0.15, 0.2) is 18.2 Å². The van der Waals surface area contributed by atoms with Crippen LogP contribution in [0.3, 0.4) is 0 Å². The average molecular weight is 186 g/mol. The highest BCUT2D eigenvalue weighted by Crippen LogP contribution is 2.14. The van der Waals surface area contributed by atoms with Crippen LogP contribution >= 0.6 is 0 Å². The van der Waals surface area contributed by atoms with Gasteiger partial charge in [-0.2, -0.15) is 0 Å². The molecule has 1 atom stereocenters. The van der Waals surface area contributed by atoms with Gasteiger partial charge >= 0.3 is 0 Å². The van der Waals surface area contributed by atoms with Crippen molar-refractivity contribution in [1.29, 1.82) is 0 Å². The van der Waals surface area contributed by atoms with E-state index in [1.54, 1.807) is 7.05 Å². The Morgan fingerprint density at radius 2 is 2.08 bits per heavy atom. The smallest absolute Gasteiger partial charge is 0.159 e. The molecule has 2 nitrogen and oxygen atoms in total. The second-order valence-corrected chi connectivity index (χ2v) is 2.75. The predicted molar refractivity (Wildman–Crippen MR) is 47.2 cm³/mol. The van der Waals surface area contributed by atoms with Crippen molar-refractivity contribution in [2.75, 3.05) is 13.6 Å². The minimum Gasteiger partial charge on any atom is -0.329 e. The van der Waals surface area contributed by atoms with Crippen LogP contribution in [0, 0.1) is 11.6 Å². The molecule has 4 heteroatoms. The minimum atomic E-state index is -0.841. The summed E-state index contributed by atoms with van der Waals surface area (Å²) in [6.07, 6.45) is 0. The van der Waals surface area contributed by atoms with Gasteiger partial charge in [-0.25, -0.2) is 8.78 Å². The zero-order chi connectivity index (χ0) is 9.84. The van der Waals surface area contributed by atoms with Crippen molar-refractivity contribution in [3.8, 4) is 0 Å². The number of likely N-dealkylation sites (N-methyl/N-ethyl adjacent to an activating group) is 1. The van der Waals surface area contributed by atoms with E-state index < -0.39 is 11.6 Å². The van der Waals surface area contributed by atoms with Crippen LogP contribution in [0.25, 0.3) is 0 Å². The van der Waals surface area contributed by atoms with Gasteiger partial charge in [0.15, 0.2) is 11.6 Å². The molecule has 0 spiro atoms. The molecule has 0 aliphatic heterocycles. The highest BCUT2D eigenvalue weighted by Gasteiger charge is 2.09. The van der Waals surface area contributed by atoms with Crippen LogP contribution in [0.4, 0.5) is 8.78 Å². The van der Waals surface area contributed by atoms with Gasteiger partial charge in [0.05, 0.1) is 0 Å². The molecule has 0 saturated carbocycles. The van der Waals surface area contributed by atoms with Gasteiger partial charge in [-0.15, -0.1) is 0 Å². The molecule has 0 aromatic heterocycles. The third kappa shape index (κ3) is 2.23. The first-order chi connectivity index (χ1) is 6.19. The third-order valence-corrected chi connectivity index (χ3v) is 1.93. The number of hydrogen-bond donors (Lipinski definition) is 2. The summed E-state index contributed by atoms with van der Waals surface area (Å²) in [5.41, 5.74) is 6.08. The molecule has 0 amide bonds. The molecular formula is C9H12F2N2. The minimum absolute atomic E-state index is 0.130. The summed E-state index contributed by atoms with van der Waals surface area (Å²) in [5, 5.41) is 2.90. The number of nitrogens with one attached hydrogen (secondary N) is 1. The molecule has 0 radical (unpaired) electrons. The van der Waals surface area contributed by atoms with Gasteiger partial charge in [-0.05, 0) is 24.7 Å². The molecule has 0 heterocycles. The Balaban J connectivity index is 2.95. The van der Waals surface area contributed by atoms with Gasteiger partial charge in [-0.1, -0.05) is 6.07 Å². The van der Waals surface area contributed by atoms with E-state index >= 15 is 0 Å². The summed E-state index contributed by atoms with van der Waals surface area (Å²) in [5.74, 6) is -1.68. The van der Waals surface area contributed by atoms with Gasteiger partial charge in [0.1, 0.15) is 0 Å². The fourth-order valence-corrected chi connectivity index (χ4v) is 1.15. The van der Waals surface area contributed by atoms with E-state index in [1.807, 2.05) is 0 Å². The van der Waals surface area contributed by atoms with E-state index in [1.165, 1.54) is 6.07 Å². The molecule has 72 valence electrons. The van der Waals surface area contributed by atoms with E-state index in [2.05, 4.69) is 5.32 Å². The van der Waals surface area contributed by atoms with Crippen LogP contribution in [0.5, 0.6) is 0 Å². The van der Waals surface area contributed by atoms with Crippen molar-refractivity contribution < 1.29 is 8.78 Å². The molecule has 0 aliphatic carbocycles. The number of halogens is 2. The second kappa shape index (κ2) is 4.30. The summed E-state index contributed by atoms with van der Waals surface area (Å²) in [6.45, 7) is 0.349. The lowest BCUT2D eigenvalue weighted by atomic mass is 10.1. The zero-order valence-corrected chi connectivity index (χ0v) is 7.35. The maximum atomic E-state index is 12.8. The van der Waals surface area contributed by atoms with E-state index in [9.17, 15) is 8.78 Å². The Labute approximate surface area is 75.7 Å². The lowest BCUT2D eigenvalue weighted by molar-refractivity contribution is 0.502. The Bertz CT molecular complexity index is 285. The summed E-state index contributed by atoms with van der Waals surface area (Å²) in [6, 6.07) is 3.65. The van der Waals surface area contributed by atoms with E-state index in [4.69, 9.17) is 5.73 Å². The van der Waals surface area contributed by atoms with Crippen molar-refractivity contribution in [3.63, 3.8) is 0 Å². The maximum absolute atomic E-state index is 12.8. The molecule has 1 unspecified atom stereocenters. The summed E-state index contributed by atoms with van der Waals surface area (Å²) in [7, 11) is 1.72. The Hall–Kier alpha value is -1.00. The monoisotopic (exact) mass is 186 g/mol. The zero-order valence-electron chi connectivity index (χ0n) is 7.35. The molecule has 0 saturated heterocycles. The lowest BCUT2D eigenvalue weighted by Gasteiger charge is -2.13. The maximum Gasteiger partial charge on any atom is 0.159 e. The molecule has 3 N–H and O–H groups in total. The molecule has 0 aliphatic rings. The molecule has 0 bridgehead atoms. The van der Waals surface area contributed by atoms with E-state index in [-0.39, 0.29) is 6.04 Å². The first kappa shape index (κ1) is 10.1. The average Bonchev–Trinajstić information content (AvgIpc) is 2.13. The highest BCUT2D eigenvalue weighted by molar-refractivity contribution is 5.21. The van der Waals surface area contributed by atoms with Crippen LogP contribution in [0.2, 0.25) is 0 Å². The summed E-state index contributed by atoms with van der Waals surface area (Å²) < 4.78 is 25.3. The number of benzene rings is 1. The highest BCUT2D eigenvalue weighted by atomic mass is 19.2. The van der Waals surface area contributed by atoms with Gasteiger partial charge in [0.25, 0.3) is 0 Å². The van der Waals surface area contributed by atoms with E-state index in [0.29, 0.717) is 12.1 Å². The molecule has 0 fully saturated rings. The van der Waals surface area contributed by atoms with Gasteiger partial charge in [0.2, 0.25) is 0 Å². The van der Waals surface area contributed by atoms with Crippen LogP contribution in [0.1, 0.15) is 11.6 Å². The quantitative estimate of drug-likeness (QED) is 0.744. The summed E-state index contributed by atoms with van der Waals surface area (Å²) >= 11 is 0. The SMILES string of the molecule is CNC(CN)c1ccc(F)c(F)c1. The standard InChI is InChI=1S/C9H12F2N2/c1-13-9(5-12)6-2-3-7(10)8(11)4-6/h2-4,9,13H,5,12H2,1H3. The number of nitrogens with two attached hydrogens (primary N) is 1. The van der Waals surface area contributed by atoms with Crippen LogP contribution < -0.4 is 11.1 Å². The molecule has 1 rings (SSSR count). The molecule has 13 heavy (non-hydrogen) atoms. The van der Waals surface area contributed by atoms with Crippen LogP contribution in [-0.4, -0.2) is 13.6 Å². The van der Waals surface area contributed by atoms with Crippen molar-refractivity contribution in [1.82, 2.24) is 5.32 Å². The van der Waals surface area contributed by atoms with Crippen LogP contribution in [-0.2, 0) is 0 Å². The fraction of sp³-hybridized carbons (Fsp3) is 0.333.